The van der Waals surface area contributed by atoms with Crippen LogP contribution in [0.15, 0.2) is 42.7 Å². The van der Waals surface area contributed by atoms with Crippen LogP contribution in [-0.4, -0.2) is 98.7 Å². The predicted molar refractivity (Wildman–Crippen MR) is 215 cm³/mol. The standard InChI is InChI=1S/C30H38N9O17P3S2/c1-13-7-37(29(43)35-25(13)40)20-4-3-15(52-20)9-49-57(45)55-16-5-22(39-12-32-23-24(39)33-28(31)34-27(23)42)53-18(16)11-51-59(48,61)56-17-6-21(54-19(17)10-50-58(46,47)60)38-8-14(2)26(41)36-30(38)44/h7-8,12,15-22H,3-6,9-11H2,1-2H3,(H7-,31,33,34,35,36,40,41,42,43,44,46,47,48,60,61)/p+1/t15-,16+,17+,18+,19+,20+,21+,22+,59?/m0/s1. The number of nitrogens with one attached hydrogen (secondary N) is 3. The van der Waals surface area contributed by atoms with Gasteiger partial charge in [0.25, 0.3) is 16.7 Å². The van der Waals surface area contributed by atoms with Gasteiger partial charge in [-0.2, -0.15) is 4.98 Å². The largest absolute Gasteiger partial charge is 0.697 e. The summed E-state index contributed by atoms with van der Waals surface area (Å²) in [5.74, 6) is -0.199. The van der Waals surface area contributed by atoms with E-state index in [9.17, 15) is 42.9 Å². The second-order valence-corrected chi connectivity index (χ2v) is 20.6. The fourth-order valence-electron chi connectivity index (χ4n) is 6.86. The van der Waals surface area contributed by atoms with Crippen molar-refractivity contribution in [2.45, 2.75) is 88.7 Å². The molecule has 0 aliphatic carbocycles. The van der Waals surface area contributed by atoms with Crippen LogP contribution < -0.4 is 33.8 Å². The van der Waals surface area contributed by atoms with Gasteiger partial charge in [0.2, 0.25) is 5.95 Å². The molecule has 332 valence electrons. The number of anilines is 1. The highest BCUT2D eigenvalue weighted by atomic mass is 32.7. The first-order valence-corrected chi connectivity index (χ1v) is 24.6. The van der Waals surface area contributed by atoms with Gasteiger partial charge in [0.1, 0.15) is 43.6 Å². The molecule has 7 N–H and O–H groups in total. The Hall–Kier alpha value is -3.56. The van der Waals surface area contributed by atoms with Crippen LogP contribution in [0, 0.1) is 13.8 Å². The van der Waals surface area contributed by atoms with E-state index in [0.29, 0.717) is 18.4 Å². The number of nitrogen functional groups attached to an aromatic ring is 1. The smallest absolute Gasteiger partial charge is 0.369 e. The number of aromatic nitrogens is 8. The Morgan fingerprint density at radius 3 is 2.11 bits per heavy atom. The summed E-state index contributed by atoms with van der Waals surface area (Å²) in [6.45, 7) is -6.97. The molecule has 0 aromatic carbocycles. The Kier molecular flexibility index (Phi) is 13.6. The number of aryl methyl sites for hydroxylation is 2. The van der Waals surface area contributed by atoms with Crippen molar-refractivity contribution in [3.05, 3.63) is 81.9 Å². The zero-order chi connectivity index (χ0) is 44.0. The summed E-state index contributed by atoms with van der Waals surface area (Å²) in [7, 11) is -2.88. The summed E-state index contributed by atoms with van der Waals surface area (Å²) in [5, 5.41) is 0. The van der Waals surface area contributed by atoms with Gasteiger partial charge in [0, 0.05) is 40.9 Å². The molecule has 0 amide bonds. The molecule has 31 heteroatoms. The van der Waals surface area contributed by atoms with Crippen LogP contribution in [-0.2, 0) is 57.8 Å². The van der Waals surface area contributed by atoms with E-state index in [4.69, 9.17) is 54.4 Å². The molecule has 3 aliphatic heterocycles. The van der Waals surface area contributed by atoms with Crippen LogP contribution >= 0.6 is 34.0 Å². The molecule has 3 aliphatic rings. The Bertz CT molecular complexity index is 2720. The maximum atomic E-state index is 13.3. The van der Waals surface area contributed by atoms with E-state index in [1.165, 1.54) is 34.8 Å². The molecule has 61 heavy (non-hydrogen) atoms. The van der Waals surface area contributed by atoms with Crippen molar-refractivity contribution in [1.82, 2.24) is 38.6 Å². The van der Waals surface area contributed by atoms with Crippen LogP contribution in [0.4, 0.5) is 5.95 Å². The SMILES string of the molecule is Cc1cn([C@H]2CC[C@@H](CO[P+](=O)O[C@@H]3C[C@H](n4cnc5c(=O)[nH]c(N)nc54)O[C@@H]3COP(O)(=S)O[C@@H]3C[C@H](n4cc(C)c(=O)[nH]c4=O)O[C@@H]3COP(=O)(O)S)O2)c(=O)[nH]c1=O. The average molecular weight is 955 g/mol. The molecule has 3 fully saturated rings. The zero-order valence-corrected chi connectivity index (χ0v) is 36.2. The van der Waals surface area contributed by atoms with E-state index in [1.54, 1.807) is 6.92 Å². The van der Waals surface area contributed by atoms with E-state index in [0.717, 1.165) is 4.57 Å². The predicted octanol–water partition coefficient (Wildman–Crippen LogP) is 0.396. The van der Waals surface area contributed by atoms with Gasteiger partial charge in [0.15, 0.2) is 11.2 Å². The first-order chi connectivity index (χ1) is 28.7. The van der Waals surface area contributed by atoms with E-state index < -0.39 is 112 Å². The number of thiol groups is 1. The first-order valence-electron chi connectivity index (χ1n) is 18.2. The van der Waals surface area contributed by atoms with Crippen molar-refractivity contribution >= 4 is 62.9 Å². The fraction of sp³-hybridized carbons (Fsp3) is 0.567. The third-order valence-corrected chi connectivity index (χ3v) is 13.0. The zero-order valence-electron chi connectivity index (χ0n) is 31.8. The molecule has 4 aromatic heterocycles. The Morgan fingerprint density at radius 2 is 1.46 bits per heavy atom. The summed E-state index contributed by atoms with van der Waals surface area (Å²) in [6, 6.07) is 0. The quantitative estimate of drug-likeness (QED) is 0.0590. The molecule has 4 aromatic rings. The topological polar surface area (TPSA) is 348 Å². The molecule has 7 heterocycles. The monoisotopic (exact) mass is 954 g/mol. The number of aromatic amines is 3. The number of H-pyrrole nitrogens is 3. The normalized spacial score (nSPS) is 27.7. The number of nitrogens with zero attached hydrogens (tertiary/aromatic N) is 5. The summed E-state index contributed by atoms with van der Waals surface area (Å²) >= 11 is 8.83. The molecule has 0 radical (unpaired) electrons. The van der Waals surface area contributed by atoms with Gasteiger partial charge in [0.05, 0.1) is 31.7 Å². The molecule has 26 nitrogen and oxygen atoms in total. The molecule has 0 saturated carbocycles. The number of fused-ring (bicyclic) bond motifs is 1. The summed E-state index contributed by atoms with van der Waals surface area (Å²) in [5.41, 5.74) is 3.05. The number of imidazole rings is 1. The van der Waals surface area contributed by atoms with Crippen molar-refractivity contribution in [2.24, 2.45) is 0 Å². The average Bonchev–Trinajstić information content (AvgIpc) is 3.98. The Balaban J connectivity index is 1.04. The van der Waals surface area contributed by atoms with Gasteiger partial charge >= 0.3 is 33.2 Å². The van der Waals surface area contributed by atoms with E-state index in [-0.39, 0.29) is 42.1 Å². The van der Waals surface area contributed by atoms with Gasteiger partial charge in [-0.25, -0.2) is 19.1 Å². The molecule has 0 spiro atoms. The van der Waals surface area contributed by atoms with Crippen LogP contribution in [0.2, 0.25) is 0 Å². The third kappa shape index (κ3) is 10.8. The van der Waals surface area contributed by atoms with Crippen molar-refractivity contribution in [2.75, 3.05) is 25.6 Å². The maximum Gasteiger partial charge on any atom is 0.697 e. The van der Waals surface area contributed by atoms with Crippen LogP contribution in [0.3, 0.4) is 0 Å². The highest BCUT2D eigenvalue weighted by molar-refractivity contribution is 8.44. The second-order valence-electron chi connectivity index (χ2n) is 14.1. The maximum absolute atomic E-state index is 13.3. The van der Waals surface area contributed by atoms with Gasteiger partial charge in [-0.05, 0) is 38.5 Å². The number of hydrogen-bond acceptors (Lipinski definition) is 19. The van der Waals surface area contributed by atoms with Gasteiger partial charge in [-0.1, -0.05) is 12.2 Å². The molecule has 3 unspecified atom stereocenters. The van der Waals surface area contributed by atoms with Crippen molar-refractivity contribution < 1.29 is 55.7 Å². The summed E-state index contributed by atoms with van der Waals surface area (Å²) in [4.78, 5) is 97.1. The number of rotatable bonds is 16. The lowest BCUT2D eigenvalue weighted by Crippen LogP contribution is -2.33. The highest BCUT2D eigenvalue weighted by Crippen LogP contribution is 2.52. The summed E-state index contributed by atoms with van der Waals surface area (Å²) < 4.78 is 74.5. The lowest BCUT2D eigenvalue weighted by atomic mass is 10.2. The lowest BCUT2D eigenvalue weighted by molar-refractivity contribution is -0.0491. The van der Waals surface area contributed by atoms with Crippen molar-refractivity contribution in [3.8, 4) is 0 Å². The molecule has 0 bridgehead atoms. The number of ether oxygens (including phenoxy) is 3. The lowest BCUT2D eigenvalue weighted by Gasteiger charge is -2.25. The minimum Gasteiger partial charge on any atom is -0.369 e. The van der Waals surface area contributed by atoms with Crippen LogP contribution in [0.25, 0.3) is 11.2 Å². The van der Waals surface area contributed by atoms with Crippen LogP contribution in [0.1, 0.15) is 55.5 Å². The van der Waals surface area contributed by atoms with E-state index in [2.05, 4.69) is 37.2 Å². The first kappa shape index (κ1) is 45.5. The van der Waals surface area contributed by atoms with Crippen molar-refractivity contribution in [3.63, 3.8) is 0 Å². The van der Waals surface area contributed by atoms with Crippen molar-refractivity contribution in [1.29, 1.82) is 0 Å². The fourth-order valence-corrected chi connectivity index (χ4v) is 9.66. The van der Waals surface area contributed by atoms with E-state index >= 15 is 0 Å². The number of hydrogen-bond donors (Lipinski definition) is 7. The molecule has 3 saturated heterocycles. The van der Waals surface area contributed by atoms with Gasteiger partial charge in [-0.3, -0.25) is 47.6 Å². The third-order valence-electron chi connectivity index (χ3n) is 9.78. The number of nitrogens with two attached hydrogens (primary N) is 1. The highest BCUT2D eigenvalue weighted by Gasteiger charge is 2.46. The van der Waals surface area contributed by atoms with Crippen LogP contribution in [0.5, 0.6) is 0 Å². The molecular weight excluding hydrogens is 915 g/mol. The molecular formula is C30H39N9O17P3S2+. The summed E-state index contributed by atoms with van der Waals surface area (Å²) in [6.07, 6.45) is -3.55. The van der Waals surface area contributed by atoms with E-state index in [1.807, 2.05) is 0 Å². The Morgan fingerprint density at radius 1 is 0.869 bits per heavy atom. The molecule has 7 rings (SSSR count). The van der Waals surface area contributed by atoms with Gasteiger partial charge < -0.3 is 38.8 Å². The minimum absolute atomic E-state index is 0.0526. The molecule has 11 atom stereocenters. The second kappa shape index (κ2) is 18.3. The van der Waals surface area contributed by atoms with Gasteiger partial charge in [-0.15, -0.1) is 9.05 Å². The minimum atomic E-state index is -4.34. The Labute approximate surface area is 352 Å².